The number of esters is 2. The normalized spacial score (nSPS) is 21.3. The van der Waals surface area contributed by atoms with Crippen molar-refractivity contribution in [1.29, 1.82) is 0 Å². The van der Waals surface area contributed by atoms with E-state index in [1.165, 1.54) is 19.1 Å². The van der Waals surface area contributed by atoms with Crippen molar-refractivity contribution in [2.24, 2.45) is 0 Å². The molecule has 4 rings (SSSR count). The second-order valence-electron chi connectivity index (χ2n) is 7.95. The molecule has 1 aliphatic carbocycles. The molecule has 2 aromatic rings. The number of rotatable bonds is 6. The number of anilines is 1. The Kier molecular flexibility index (Phi) is 5.78. The van der Waals surface area contributed by atoms with Gasteiger partial charge in [-0.25, -0.2) is 4.79 Å². The summed E-state index contributed by atoms with van der Waals surface area (Å²) in [6.07, 6.45) is 1.17. The molecule has 0 aromatic heterocycles. The quantitative estimate of drug-likeness (QED) is 0.640. The highest BCUT2D eigenvalue weighted by Crippen LogP contribution is 2.54. The average Bonchev–Trinajstić information content (AvgIpc) is 3.62. The molecule has 8 nitrogen and oxygen atoms in total. The molecule has 2 aromatic carbocycles. The maximum absolute atomic E-state index is 13.9. The van der Waals surface area contributed by atoms with Crippen LogP contribution in [-0.4, -0.2) is 62.2 Å². The average molecular weight is 438 g/mol. The number of nitrogens with zero attached hydrogens (tertiary/aromatic N) is 2. The molecule has 1 heterocycles. The lowest BCUT2D eigenvalue weighted by Gasteiger charge is -2.51. The van der Waals surface area contributed by atoms with E-state index in [9.17, 15) is 14.4 Å². The van der Waals surface area contributed by atoms with Crippen molar-refractivity contribution < 1.29 is 28.6 Å². The number of carbonyl (C=O) groups is 3. The molecule has 2 fully saturated rings. The number of hydrogen-bond acceptors (Lipinski definition) is 7. The summed E-state index contributed by atoms with van der Waals surface area (Å²) in [5, 5.41) is 0. The van der Waals surface area contributed by atoms with Gasteiger partial charge in [-0.2, -0.15) is 0 Å². The molecule has 1 saturated heterocycles. The number of amides is 1. The first-order chi connectivity index (χ1) is 15.5. The number of methoxy groups -OCH3 is 3. The number of benzene rings is 2. The molecule has 168 valence electrons. The van der Waals surface area contributed by atoms with Gasteiger partial charge in [-0.1, -0.05) is 30.3 Å². The van der Waals surface area contributed by atoms with E-state index in [2.05, 4.69) is 0 Å². The van der Waals surface area contributed by atoms with Crippen molar-refractivity contribution in [3.8, 4) is 5.75 Å². The lowest BCUT2D eigenvalue weighted by Crippen LogP contribution is -2.68. The standard InChI is InChI=1S/C24H26N2O6/c1-30-18-11-9-17(10-12-18)26-20(16-7-5-4-6-8-16)22(28)25(15-19(27)31-2)24(13-14-24)21(26)23(29)32-3/h4-12,20-21H,13-15H2,1-3H3/t20-,21-/m0/s1. The van der Waals surface area contributed by atoms with Gasteiger partial charge in [-0.3, -0.25) is 9.59 Å². The minimum atomic E-state index is -0.830. The molecular formula is C24H26N2O6. The molecule has 1 saturated carbocycles. The summed E-state index contributed by atoms with van der Waals surface area (Å²) < 4.78 is 15.3. The van der Waals surface area contributed by atoms with Gasteiger partial charge in [-0.15, -0.1) is 0 Å². The number of piperazine rings is 1. The second kappa shape index (κ2) is 8.53. The first-order valence-corrected chi connectivity index (χ1v) is 10.4. The molecule has 0 bridgehead atoms. The Hall–Kier alpha value is -3.55. The molecule has 32 heavy (non-hydrogen) atoms. The van der Waals surface area contributed by atoms with E-state index in [1.54, 1.807) is 19.2 Å². The molecule has 1 aliphatic heterocycles. The van der Waals surface area contributed by atoms with Gasteiger partial charge in [0.05, 0.1) is 26.9 Å². The van der Waals surface area contributed by atoms with Gasteiger partial charge in [0, 0.05) is 5.69 Å². The zero-order valence-corrected chi connectivity index (χ0v) is 18.3. The van der Waals surface area contributed by atoms with Crippen LogP contribution >= 0.6 is 0 Å². The largest absolute Gasteiger partial charge is 0.497 e. The lowest BCUT2D eigenvalue weighted by molar-refractivity contribution is -0.158. The Bertz CT molecular complexity index is 1000. The van der Waals surface area contributed by atoms with Crippen LogP contribution in [0.4, 0.5) is 5.69 Å². The van der Waals surface area contributed by atoms with Crippen LogP contribution in [-0.2, 0) is 23.9 Å². The van der Waals surface area contributed by atoms with Gasteiger partial charge < -0.3 is 24.0 Å². The maximum Gasteiger partial charge on any atom is 0.331 e. The van der Waals surface area contributed by atoms with Crippen LogP contribution in [0.1, 0.15) is 24.4 Å². The summed E-state index contributed by atoms with van der Waals surface area (Å²) in [5.74, 6) is -0.578. The third-order valence-electron chi connectivity index (χ3n) is 6.29. The van der Waals surface area contributed by atoms with Crippen LogP contribution in [0, 0.1) is 0 Å². The molecule has 2 atom stereocenters. The van der Waals surface area contributed by atoms with Crippen LogP contribution in [0.2, 0.25) is 0 Å². The predicted molar refractivity (Wildman–Crippen MR) is 116 cm³/mol. The van der Waals surface area contributed by atoms with Crippen molar-refractivity contribution >= 4 is 23.5 Å². The SMILES string of the molecule is COC(=O)CN1C(=O)[C@H](c2ccccc2)N(c2ccc(OC)cc2)[C@@H](C(=O)OC)C12CC2. The zero-order chi connectivity index (χ0) is 22.9. The highest BCUT2D eigenvalue weighted by molar-refractivity contribution is 5.97. The number of carbonyl (C=O) groups excluding carboxylic acids is 3. The summed E-state index contributed by atoms with van der Waals surface area (Å²) in [7, 11) is 4.20. The summed E-state index contributed by atoms with van der Waals surface area (Å²) in [4.78, 5) is 42.6. The fourth-order valence-corrected chi connectivity index (χ4v) is 4.58. The maximum atomic E-state index is 13.9. The smallest absolute Gasteiger partial charge is 0.331 e. The van der Waals surface area contributed by atoms with Crippen LogP contribution in [0.15, 0.2) is 54.6 Å². The molecule has 0 N–H and O–H groups in total. The summed E-state index contributed by atoms with van der Waals surface area (Å²) >= 11 is 0. The summed E-state index contributed by atoms with van der Waals surface area (Å²) in [6.45, 7) is -0.220. The lowest BCUT2D eigenvalue weighted by atomic mass is 9.89. The molecule has 1 amide bonds. The summed E-state index contributed by atoms with van der Waals surface area (Å²) in [5.41, 5.74) is 0.573. The van der Waals surface area contributed by atoms with E-state index >= 15 is 0 Å². The van der Waals surface area contributed by atoms with Crippen LogP contribution < -0.4 is 9.64 Å². The Balaban J connectivity index is 1.89. The number of ether oxygens (including phenoxy) is 3. The van der Waals surface area contributed by atoms with Crippen LogP contribution in [0.25, 0.3) is 0 Å². The van der Waals surface area contributed by atoms with E-state index < -0.39 is 29.6 Å². The van der Waals surface area contributed by atoms with Crippen LogP contribution in [0.3, 0.4) is 0 Å². The van der Waals surface area contributed by atoms with Crippen molar-refractivity contribution in [1.82, 2.24) is 4.90 Å². The van der Waals surface area contributed by atoms with E-state index in [0.717, 1.165) is 0 Å². The second-order valence-corrected chi connectivity index (χ2v) is 7.95. The minimum Gasteiger partial charge on any atom is -0.497 e. The van der Waals surface area contributed by atoms with Crippen molar-refractivity contribution in [2.75, 3.05) is 32.8 Å². The van der Waals surface area contributed by atoms with Gasteiger partial charge in [0.2, 0.25) is 0 Å². The molecule has 1 spiro atoms. The van der Waals surface area contributed by atoms with Crippen LogP contribution in [0.5, 0.6) is 5.75 Å². The topological polar surface area (TPSA) is 85.4 Å². The zero-order valence-electron chi connectivity index (χ0n) is 18.3. The highest BCUT2D eigenvalue weighted by Gasteiger charge is 2.66. The highest BCUT2D eigenvalue weighted by atomic mass is 16.5. The van der Waals surface area contributed by atoms with Gasteiger partial charge in [-0.05, 0) is 42.7 Å². The Morgan fingerprint density at radius 1 is 0.969 bits per heavy atom. The van der Waals surface area contributed by atoms with Gasteiger partial charge in [0.15, 0.2) is 6.04 Å². The van der Waals surface area contributed by atoms with E-state index in [1.807, 2.05) is 47.4 Å². The number of hydrogen-bond donors (Lipinski definition) is 0. The van der Waals surface area contributed by atoms with Gasteiger partial charge >= 0.3 is 11.9 Å². The monoisotopic (exact) mass is 438 g/mol. The minimum absolute atomic E-state index is 0.220. The fraction of sp³-hybridized carbons (Fsp3) is 0.375. The van der Waals surface area contributed by atoms with Gasteiger partial charge in [0.1, 0.15) is 18.3 Å². The van der Waals surface area contributed by atoms with Gasteiger partial charge in [0.25, 0.3) is 5.91 Å². The third-order valence-corrected chi connectivity index (χ3v) is 6.29. The predicted octanol–water partition coefficient (Wildman–Crippen LogP) is 2.33. The molecule has 0 unspecified atom stereocenters. The molecule has 8 heteroatoms. The van der Waals surface area contributed by atoms with E-state index in [0.29, 0.717) is 29.8 Å². The Morgan fingerprint density at radius 2 is 1.62 bits per heavy atom. The third kappa shape index (κ3) is 3.55. The Morgan fingerprint density at radius 3 is 2.16 bits per heavy atom. The first-order valence-electron chi connectivity index (χ1n) is 10.4. The molecule has 0 radical (unpaired) electrons. The Labute approximate surface area is 186 Å². The summed E-state index contributed by atoms with van der Waals surface area (Å²) in [6, 6.07) is 14.9. The van der Waals surface area contributed by atoms with E-state index in [4.69, 9.17) is 14.2 Å². The van der Waals surface area contributed by atoms with Crippen molar-refractivity contribution in [2.45, 2.75) is 30.5 Å². The van der Waals surface area contributed by atoms with Crippen molar-refractivity contribution in [3.05, 3.63) is 60.2 Å². The van der Waals surface area contributed by atoms with E-state index in [-0.39, 0.29) is 12.5 Å². The first kappa shape index (κ1) is 21.7. The fourth-order valence-electron chi connectivity index (χ4n) is 4.58. The molecular weight excluding hydrogens is 412 g/mol. The molecule has 2 aliphatic rings. The van der Waals surface area contributed by atoms with Crippen molar-refractivity contribution in [3.63, 3.8) is 0 Å².